The second-order valence-corrected chi connectivity index (χ2v) is 4.37. The highest BCUT2D eigenvalue weighted by Gasteiger charge is 2.07. The molecule has 1 aromatic carbocycles. The lowest BCUT2D eigenvalue weighted by Crippen LogP contribution is -2.23. The lowest BCUT2D eigenvalue weighted by atomic mass is 10.2. The second kappa shape index (κ2) is 5.54. The number of hydrogen-bond donors (Lipinski definition) is 1. The van der Waals surface area contributed by atoms with Crippen LogP contribution < -0.4 is 10.6 Å². The Labute approximate surface area is 108 Å². The third-order valence-corrected chi connectivity index (χ3v) is 3.10. The Balaban J connectivity index is 2.20. The Morgan fingerprint density at radius 2 is 1.89 bits per heavy atom. The summed E-state index contributed by atoms with van der Waals surface area (Å²) < 4.78 is 0. The number of aromatic nitrogens is 1. The maximum absolute atomic E-state index is 5.71. The summed E-state index contributed by atoms with van der Waals surface area (Å²) in [5.74, 6) is 0. The quantitative estimate of drug-likeness (QED) is 0.837. The van der Waals surface area contributed by atoms with Crippen LogP contribution in [0, 0.1) is 6.92 Å². The molecular formula is C15H19N3. The van der Waals surface area contributed by atoms with Crippen molar-refractivity contribution in [3.05, 3.63) is 53.9 Å². The van der Waals surface area contributed by atoms with Gasteiger partial charge in [0.1, 0.15) is 0 Å². The fraction of sp³-hybridized carbons (Fsp3) is 0.267. The van der Waals surface area contributed by atoms with Crippen LogP contribution in [-0.4, -0.2) is 11.5 Å². The van der Waals surface area contributed by atoms with Gasteiger partial charge in [0.15, 0.2) is 0 Å². The van der Waals surface area contributed by atoms with Gasteiger partial charge in [-0.15, -0.1) is 0 Å². The van der Waals surface area contributed by atoms with Crippen molar-refractivity contribution in [2.75, 3.05) is 17.2 Å². The molecule has 0 bridgehead atoms. The van der Waals surface area contributed by atoms with Crippen molar-refractivity contribution in [1.29, 1.82) is 0 Å². The van der Waals surface area contributed by atoms with Crippen LogP contribution in [-0.2, 0) is 6.54 Å². The highest BCUT2D eigenvalue weighted by atomic mass is 15.1. The summed E-state index contributed by atoms with van der Waals surface area (Å²) in [4.78, 5) is 6.73. The summed E-state index contributed by atoms with van der Waals surface area (Å²) in [6, 6.07) is 12.0. The van der Waals surface area contributed by atoms with E-state index in [0.29, 0.717) is 0 Å². The Morgan fingerprint density at radius 1 is 1.17 bits per heavy atom. The number of hydrogen-bond acceptors (Lipinski definition) is 3. The number of pyridine rings is 1. The normalized spacial score (nSPS) is 10.3. The first-order chi connectivity index (χ1) is 8.70. The van der Waals surface area contributed by atoms with E-state index in [4.69, 9.17) is 5.73 Å². The third kappa shape index (κ3) is 2.80. The summed E-state index contributed by atoms with van der Waals surface area (Å²) in [5, 5.41) is 0. The van der Waals surface area contributed by atoms with Gasteiger partial charge in [-0.05, 0) is 49.7 Å². The minimum atomic E-state index is 0.795. The molecule has 2 aromatic rings. The molecule has 0 radical (unpaired) electrons. The lowest BCUT2D eigenvalue weighted by molar-refractivity contribution is 0.803. The molecule has 1 heterocycles. The molecule has 0 spiro atoms. The molecule has 0 aliphatic heterocycles. The number of nitrogen functional groups attached to an aromatic ring is 1. The van der Waals surface area contributed by atoms with Crippen LogP contribution in [0.1, 0.15) is 18.2 Å². The van der Waals surface area contributed by atoms with E-state index in [2.05, 4.69) is 41.9 Å². The van der Waals surface area contributed by atoms with E-state index in [1.54, 1.807) is 0 Å². The van der Waals surface area contributed by atoms with Gasteiger partial charge in [0.2, 0.25) is 0 Å². The minimum Gasteiger partial charge on any atom is -0.399 e. The average molecular weight is 241 g/mol. The molecule has 0 aliphatic rings. The van der Waals surface area contributed by atoms with E-state index < -0.39 is 0 Å². The van der Waals surface area contributed by atoms with Crippen molar-refractivity contribution in [2.45, 2.75) is 20.4 Å². The van der Waals surface area contributed by atoms with Gasteiger partial charge in [-0.2, -0.15) is 0 Å². The van der Waals surface area contributed by atoms with E-state index in [-0.39, 0.29) is 0 Å². The van der Waals surface area contributed by atoms with Gasteiger partial charge in [-0.25, -0.2) is 0 Å². The van der Waals surface area contributed by atoms with E-state index in [0.717, 1.165) is 24.5 Å². The zero-order valence-electron chi connectivity index (χ0n) is 10.9. The molecule has 0 unspecified atom stereocenters. The number of benzene rings is 1. The molecule has 2 N–H and O–H groups in total. The molecule has 3 nitrogen and oxygen atoms in total. The molecule has 0 fully saturated rings. The predicted molar refractivity (Wildman–Crippen MR) is 76.6 cm³/mol. The van der Waals surface area contributed by atoms with Crippen molar-refractivity contribution < 1.29 is 0 Å². The maximum Gasteiger partial charge on any atom is 0.0626 e. The summed E-state index contributed by atoms with van der Waals surface area (Å²) in [6.45, 7) is 6.01. The fourth-order valence-corrected chi connectivity index (χ4v) is 1.94. The largest absolute Gasteiger partial charge is 0.399 e. The molecule has 0 saturated heterocycles. The standard InChI is InChI=1S/C15H19N3/c1-3-18(14-8-6-13(16)7-9-14)11-15-12(2)5-4-10-17-15/h4-10H,3,11,16H2,1-2H3. The Hall–Kier alpha value is -2.03. The maximum atomic E-state index is 5.71. The van der Waals surface area contributed by atoms with Crippen LogP contribution in [0.5, 0.6) is 0 Å². The van der Waals surface area contributed by atoms with Crippen molar-refractivity contribution in [2.24, 2.45) is 0 Å². The molecule has 0 atom stereocenters. The summed E-state index contributed by atoms with van der Waals surface area (Å²) in [5.41, 5.74) is 10.0. The summed E-state index contributed by atoms with van der Waals surface area (Å²) >= 11 is 0. The van der Waals surface area contributed by atoms with Crippen LogP contribution in [0.4, 0.5) is 11.4 Å². The second-order valence-electron chi connectivity index (χ2n) is 4.37. The first-order valence-corrected chi connectivity index (χ1v) is 6.21. The smallest absolute Gasteiger partial charge is 0.0626 e. The predicted octanol–water partition coefficient (Wildman–Crippen LogP) is 3.00. The van der Waals surface area contributed by atoms with Crippen LogP contribution in [0.25, 0.3) is 0 Å². The van der Waals surface area contributed by atoms with Crippen molar-refractivity contribution >= 4 is 11.4 Å². The summed E-state index contributed by atoms with van der Waals surface area (Å²) in [6.07, 6.45) is 1.85. The van der Waals surface area contributed by atoms with Gasteiger partial charge in [0.05, 0.1) is 12.2 Å². The lowest BCUT2D eigenvalue weighted by Gasteiger charge is -2.23. The number of aryl methyl sites for hydroxylation is 1. The molecule has 2 rings (SSSR count). The molecule has 3 heteroatoms. The van der Waals surface area contributed by atoms with E-state index in [9.17, 15) is 0 Å². The number of anilines is 2. The summed E-state index contributed by atoms with van der Waals surface area (Å²) in [7, 11) is 0. The Morgan fingerprint density at radius 3 is 2.50 bits per heavy atom. The van der Waals surface area contributed by atoms with E-state index in [1.165, 1.54) is 11.3 Å². The fourth-order valence-electron chi connectivity index (χ4n) is 1.94. The Kier molecular flexibility index (Phi) is 3.82. The molecule has 0 saturated carbocycles. The van der Waals surface area contributed by atoms with Gasteiger partial charge < -0.3 is 10.6 Å². The first-order valence-electron chi connectivity index (χ1n) is 6.21. The van der Waals surface area contributed by atoms with Gasteiger partial charge in [-0.1, -0.05) is 6.07 Å². The Bertz CT molecular complexity index is 505. The van der Waals surface area contributed by atoms with E-state index >= 15 is 0 Å². The topological polar surface area (TPSA) is 42.2 Å². The van der Waals surface area contributed by atoms with Crippen LogP contribution in [0.2, 0.25) is 0 Å². The zero-order valence-corrected chi connectivity index (χ0v) is 10.9. The third-order valence-electron chi connectivity index (χ3n) is 3.10. The van der Waals surface area contributed by atoms with Gasteiger partial charge in [0.25, 0.3) is 0 Å². The SMILES string of the molecule is CCN(Cc1ncccc1C)c1ccc(N)cc1. The van der Waals surface area contributed by atoms with Gasteiger partial charge >= 0.3 is 0 Å². The van der Waals surface area contributed by atoms with Gasteiger partial charge in [-0.3, -0.25) is 4.98 Å². The van der Waals surface area contributed by atoms with Gasteiger partial charge in [0, 0.05) is 24.1 Å². The molecule has 0 aliphatic carbocycles. The first kappa shape index (κ1) is 12.4. The molecule has 18 heavy (non-hydrogen) atoms. The highest BCUT2D eigenvalue weighted by Crippen LogP contribution is 2.19. The monoisotopic (exact) mass is 241 g/mol. The van der Waals surface area contributed by atoms with Crippen LogP contribution in [0.3, 0.4) is 0 Å². The number of nitrogens with two attached hydrogens (primary N) is 1. The molecule has 1 aromatic heterocycles. The van der Waals surface area contributed by atoms with E-state index in [1.807, 2.05) is 24.4 Å². The molecule has 94 valence electrons. The molecular weight excluding hydrogens is 222 g/mol. The highest BCUT2D eigenvalue weighted by molar-refractivity contribution is 5.53. The number of nitrogens with zero attached hydrogens (tertiary/aromatic N) is 2. The van der Waals surface area contributed by atoms with Crippen LogP contribution >= 0.6 is 0 Å². The zero-order chi connectivity index (χ0) is 13.0. The van der Waals surface area contributed by atoms with Crippen LogP contribution in [0.15, 0.2) is 42.6 Å². The van der Waals surface area contributed by atoms with Crippen molar-refractivity contribution in [1.82, 2.24) is 4.98 Å². The average Bonchev–Trinajstić information content (AvgIpc) is 2.39. The minimum absolute atomic E-state index is 0.795. The molecule has 0 amide bonds. The van der Waals surface area contributed by atoms with Crippen molar-refractivity contribution in [3.8, 4) is 0 Å². The number of rotatable bonds is 4. The van der Waals surface area contributed by atoms with Crippen molar-refractivity contribution in [3.63, 3.8) is 0 Å².